The summed E-state index contributed by atoms with van der Waals surface area (Å²) in [5, 5.41) is 10.5. The molecule has 2 aromatic rings. The van der Waals surface area contributed by atoms with Crippen molar-refractivity contribution in [3.8, 4) is 0 Å². The van der Waals surface area contributed by atoms with Crippen molar-refractivity contribution < 1.29 is 14.4 Å². The normalized spacial score (nSPS) is 15.4. The maximum atomic E-state index is 13.1. The van der Waals surface area contributed by atoms with E-state index in [4.69, 9.17) is 0 Å². The van der Waals surface area contributed by atoms with Crippen LogP contribution in [0.3, 0.4) is 0 Å². The minimum atomic E-state index is -0.602. The molecule has 1 aromatic carbocycles. The summed E-state index contributed by atoms with van der Waals surface area (Å²) in [6.45, 7) is 8.80. The third-order valence-electron chi connectivity index (χ3n) is 6.12. The molecule has 1 atom stereocenters. The van der Waals surface area contributed by atoms with Crippen LogP contribution >= 0.6 is 0 Å². The molecule has 2 N–H and O–H groups in total. The molecular weight excluding hydrogens is 444 g/mol. The molecule has 1 aliphatic heterocycles. The Hall–Kier alpha value is -3.46. The second-order valence-electron chi connectivity index (χ2n) is 9.85. The van der Waals surface area contributed by atoms with Crippen LogP contribution in [0.25, 0.3) is 0 Å². The smallest absolute Gasteiger partial charge is 0.318 e. The van der Waals surface area contributed by atoms with Gasteiger partial charge < -0.3 is 20.4 Å². The van der Waals surface area contributed by atoms with E-state index < -0.39 is 5.54 Å². The molecule has 9 heteroatoms. The lowest BCUT2D eigenvalue weighted by Gasteiger charge is -2.34. The second-order valence-corrected chi connectivity index (χ2v) is 9.85. The summed E-state index contributed by atoms with van der Waals surface area (Å²) in [6, 6.07) is 6.85. The Morgan fingerprint density at radius 2 is 1.97 bits per heavy atom. The first kappa shape index (κ1) is 26.2. The molecule has 35 heavy (non-hydrogen) atoms. The van der Waals surface area contributed by atoms with Crippen LogP contribution in [-0.4, -0.2) is 64.0 Å². The van der Waals surface area contributed by atoms with Crippen molar-refractivity contribution in [1.82, 2.24) is 24.9 Å². The van der Waals surface area contributed by atoms with Gasteiger partial charge in [-0.2, -0.15) is 5.10 Å². The number of likely N-dealkylation sites (N-methyl/N-ethyl adjacent to an activating group) is 1. The first-order valence-electron chi connectivity index (χ1n) is 11.8. The first-order chi connectivity index (χ1) is 16.4. The van der Waals surface area contributed by atoms with Crippen molar-refractivity contribution >= 4 is 23.5 Å². The fourth-order valence-electron chi connectivity index (χ4n) is 4.72. The predicted molar refractivity (Wildman–Crippen MR) is 136 cm³/mol. The first-order valence-corrected chi connectivity index (χ1v) is 11.8. The number of carbonyl (C=O) groups is 3. The lowest BCUT2D eigenvalue weighted by molar-refractivity contribution is -0.114. The highest BCUT2D eigenvalue weighted by Gasteiger charge is 2.45. The third-order valence-corrected chi connectivity index (χ3v) is 6.12. The van der Waals surface area contributed by atoms with E-state index in [1.54, 1.807) is 40.8 Å². The highest BCUT2D eigenvalue weighted by molar-refractivity contribution is 6.04. The maximum absolute atomic E-state index is 13.1. The molecule has 0 radical (unpaired) electrons. The summed E-state index contributed by atoms with van der Waals surface area (Å²) in [5.74, 6) is 0.104. The van der Waals surface area contributed by atoms with Gasteiger partial charge in [0.2, 0.25) is 0 Å². The lowest BCUT2D eigenvalue weighted by Crippen LogP contribution is -2.50. The Morgan fingerprint density at radius 3 is 2.63 bits per heavy atom. The van der Waals surface area contributed by atoms with Gasteiger partial charge in [-0.1, -0.05) is 18.2 Å². The average Bonchev–Trinajstić information content (AvgIpc) is 3.21. The number of urea groups is 1. The molecule has 0 aliphatic carbocycles. The summed E-state index contributed by atoms with van der Waals surface area (Å²) in [7, 11) is 5.75. The van der Waals surface area contributed by atoms with Crippen molar-refractivity contribution in [2.24, 2.45) is 7.05 Å². The predicted octanol–water partition coefficient (Wildman–Crippen LogP) is 3.07. The largest absolute Gasteiger partial charge is 0.334 e. The number of ketones is 1. The highest BCUT2D eigenvalue weighted by atomic mass is 16.2. The fraction of sp³-hybridized carbons (Fsp3) is 0.462. The van der Waals surface area contributed by atoms with E-state index in [0.29, 0.717) is 17.9 Å². The Morgan fingerprint density at radius 1 is 1.26 bits per heavy atom. The van der Waals surface area contributed by atoms with Gasteiger partial charge in [0.25, 0.3) is 5.91 Å². The van der Waals surface area contributed by atoms with Gasteiger partial charge in [-0.15, -0.1) is 0 Å². The zero-order chi connectivity index (χ0) is 25.9. The molecule has 0 saturated carbocycles. The number of aromatic nitrogens is 2. The topological polar surface area (TPSA) is 99.6 Å². The van der Waals surface area contributed by atoms with Crippen LogP contribution in [0.5, 0.6) is 0 Å². The molecule has 1 unspecified atom stereocenters. The molecule has 0 spiro atoms. The SMILES string of the molecule is C/C=C/C(=O)Cc1cccc(C(=O)Nc2nn(C)c3c2CN(C(=O)NC(C)CN(C)C)C3(C)C)c1. The molecule has 3 rings (SSSR count). The van der Waals surface area contributed by atoms with E-state index in [9.17, 15) is 14.4 Å². The number of aryl methyl sites for hydroxylation is 1. The van der Waals surface area contributed by atoms with Gasteiger partial charge in [-0.25, -0.2) is 4.79 Å². The van der Waals surface area contributed by atoms with Crippen LogP contribution < -0.4 is 10.6 Å². The molecule has 0 bridgehead atoms. The molecule has 9 nitrogen and oxygen atoms in total. The van der Waals surface area contributed by atoms with E-state index in [1.165, 1.54) is 6.08 Å². The Bertz CT molecular complexity index is 1150. The van der Waals surface area contributed by atoms with Gasteiger partial charge in [0.05, 0.1) is 17.8 Å². The Kier molecular flexibility index (Phi) is 7.80. The van der Waals surface area contributed by atoms with Gasteiger partial charge in [0, 0.05) is 37.2 Å². The van der Waals surface area contributed by atoms with Crippen LogP contribution in [0.1, 0.15) is 54.9 Å². The minimum Gasteiger partial charge on any atom is -0.334 e. The lowest BCUT2D eigenvalue weighted by atomic mass is 10.0. The number of nitrogens with zero attached hydrogens (tertiary/aromatic N) is 4. The van der Waals surface area contributed by atoms with Crippen molar-refractivity contribution in [2.75, 3.05) is 26.0 Å². The van der Waals surface area contributed by atoms with Crippen LogP contribution in [0.4, 0.5) is 10.6 Å². The number of anilines is 1. The van der Waals surface area contributed by atoms with Gasteiger partial charge >= 0.3 is 6.03 Å². The zero-order valence-corrected chi connectivity index (χ0v) is 21.7. The van der Waals surface area contributed by atoms with Gasteiger partial charge in [0.15, 0.2) is 11.6 Å². The van der Waals surface area contributed by atoms with Crippen molar-refractivity contribution in [3.63, 3.8) is 0 Å². The van der Waals surface area contributed by atoms with Crippen LogP contribution in [0, 0.1) is 0 Å². The quantitative estimate of drug-likeness (QED) is 0.566. The monoisotopic (exact) mass is 480 g/mol. The molecule has 0 saturated heterocycles. The van der Waals surface area contributed by atoms with Crippen molar-refractivity contribution in [2.45, 2.75) is 52.2 Å². The van der Waals surface area contributed by atoms with Gasteiger partial charge in [0.1, 0.15) is 0 Å². The van der Waals surface area contributed by atoms with Gasteiger partial charge in [-0.05, 0) is 65.6 Å². The van der Waals surface area contributed by atoms with Crippen LogP contribution in [-0.2, 0) is 30.3 Å². The maximum Gasteiger partial charge on any atom is 0.318 e. The third kappa shape index (κ3) is 5.79. The fourth-order valence-corrected chi connectivity index (χ4v) is 4.72. The van der Waals surface area contributed by atoms with Crippen molar-refractivity contribution in [3.05, 3.63) is 58.8 Å². The number of hydrogen-bond acceptors (Lipinski definition) is 5. The summed E-state index contributed by atoms with van der Waals surface area (Å²) in [6.07, 6.45) is 3.46. The van der Waals surface area contributed by atoms with E-state index in [2.05, 4.69) is 15.7 Å². The average molecular weight is 481 g/mol. The van der Waals surface area contributed by atoms with Crippen LogP contribution in [0.15, 0.2) is 36.4 Å². The number of allylic oxidation sites excluding steroid dienone is 2. The number of carbonyl (C=O) groups excluding carboxylic acids is 3. The van der Waals surface area contributed by atoms with Crippen LogP contribution in [0.2, 0.25) is 0 Å². The number of fused-ring (bicyclic) bond motifs is 1. The highest BCUT2D eigenvalue weighted by Crippen LogP contribution is 2.41. The standard InChI is InChI=1S/C26H36N6O3/c1-8-10-20(33)14-18-11-9-12-19(13-18)24(34)28-23-21-16-32(25(35)27-17(2)15-30(5)6)26(3,4)22(21)31(7)29-23/h8-13,17H,14-16H2,1-7H3,(H,27,35)(H,28,29,34)/b10-8+. The number of benzene rings is 1. The Labute approximate surface area is 207 Å². The number of nitrogens with one attached hydrogen (secondary N) is 2. The summed E-state index contributed by atoms with van der Waals surface area (Å²) >= 11 is 0. The zero-order valence-electron chi connectivity index (χ0n) is 21.7. The molecule has 0 fully saturated rings. The summed E-state index contributed by atoms with van der Waals surface area (Å²) < 4.78 is 1.73. The van der Waals surface area contributed by atoms with E-state index in [-0.39, 0.29) is 30.2 Å². The molecule has 2 heterocycles. The van der Waals surface area contributed by atoms with Gasteiger partial charge in [-0.3, -0.25) is 14.3 Å². The molecule has 188 valence electrons. The summed E-state index contributed by atoms with van der Waals surface area (Å²) in [4.78, 5) is 41.9. The summed E-state index contributed by atoms with van der Waals surface area (Å²) in [5.41, 5.74) is 2.31. The number of rotatable bonds is 8. The second kappa shape index (κ2) is 10.4. The minimum absolute atomic E-state index is 0.0127. The molecule has 1 aromatic heterocycles. The molecule has 1 aliphatic rings. The molecule has 3 amide bonds. The number of amides is 3. The van der Waals surface area contributed by atoms with Crippen molar-refractivity contribution in [1.29, 1.82) is 0 Å². The van der Waals surface area contributed by atoms with E-state index in [1.807, 2.05) is 52.9 Å². The number of hydrogen-bond donors (Lipinski definition) is 2. The molecular formula is C26H36N6O3. The Balaban J connectivity index is 1.79. The van der Waals surface area contributed by atoms with E-state index in [0.717, 1.165) is 23.4 Å². The van der Waals surface area contributed by atoms with E-state index >= 15 is 0 Å².